The summed E-state index contributed by atoms with van der Waals surface area (Å²) in [7, 11) is 0. The van der Waals surface area contributed by atoms with Gasteiger partial charge in [0.15, 0.2) is 0 Å². The third kappa shape index (κ3) is 8.30. The highest BCUT2D eigenvalue weighted by atomic mass is 16.5. The second kappa shape index (κ2) is 14.6. The quantitative estimate of drug-likeness (QED) is 0.180. The molecule has 0 aliphatic rings. The van der Waals surface area contributed by atoms with Crippen LogP contribution in [0.4, 0.5) is 11.4 Å². The van der Waals surface area contributed by atoms with Crippen molar-refractivity contribution in [2.45, 2.75) is 119 Å². The predicted molar refractivity (Wildman–Crippen MR) is 178 cm³/mol. The smallest absolute Gasteiger partial charge is 0.240 e. The van der Waals surface area contributed by atoms with E-state index in [1.54, 1.807) is 0 Å². The number of hydrogen-bond donors (Lipinski definition) is 0. The summed E-state index contributed by atoms with van der Waals surface area (Å²) in [5.74, 6) is 2.26. The molecule has 3 rings (SSSR count). The van der Waals surface area contributed by atoms with Gasteiger partial charge in [-0.1, -0.05) is 97.9 Å². The SMILES string of the molecule is CC(C)OC(=Nc1c(C(C)C)cccc1C(C)C)c1cccc(C(=Nc2c(C(C)C)cccc2C(C)C)OC(C)C)n1. The second-order valence-electron chi connectivity index (χ2n) is 12.8. The Hall–Kier alpha value is -3.47. The standard InChI is InChI=1S/C37H51N3O2/c1-22(2)28-16-13-17-29(23(3)4)34(28)39-36(41-26(9)10)32-20-15-21-33(38-32)37(42-27(11)12)40-35-30(24(5)6)18-14-19-31(35)25(7)8/h13-27H,1-12H3. The number of rotatable bonds is 10. The van der Waals surface area contributed by atoms with Crippen LogP contribution < -0.4 is 0 Å². The maximum Gasteiger partial charge on any atom is 0.240 e. The van der Waals surface area contributed by atoms with Gasteiger partial charge in [0.1, 0.15) is 11.4 Å². The van der Waals surface area contributed by atoms with E-state index in [4.69, 9.17) is 24.4 Å². The summed E-state index contributed by atoms with van der Waals surface area (Å²) in [5, 5.41) is 0. The molecule has 0 aliphatic carbocycles. The van der Waals surface area contributed by atoms with Crippen molar-refractivity contribution in [3.63, 3.8) is 0 Å². The summed E-state index contributed by atoms with van der Waals surface area (Å²) in [6.07, 6.45) is -0.149. The predicted octanol–water partition coefficient (Wildman–Crippen LogP) is 10.6. The number of pyridine rings is 1. The molecular formula is C37H51N3O2. The Morgan fingerprint density at radius 1 is 0.476 bits per heavy atom. The number of hydrogen-bond acceptors (Lipinski definition) is 5. The Balaban J connectivity index is 2.27. The number of ether oxygens (including phenoxy) is 2. The molecule has 5 heteroatoms. The first-order valence-corrected chi connectivity index (χ1v) is 15.5. The highest BCUT2D eigenvalue weighted by Gasteiger charge is 2.20. The van der Waals surface area contributed by atoms with Crippen LogP contribution in [-0.2, 0) is 9.47 Å². The average molecular weight is 570 g/mol. The molecule has 0 fully saturated rings. The zero-order valence-electron chi connectivity index (χ0n) is 27.8. The van der Waals surface area contributed by atoms with Crippen LogP contribution in [0.25, 0.3) is 0 Å². The molecular weight excluding hydrogens is 518 g/mol. The molecule has 0 amide bonds. The molecule has 0 atom stereocenters. The van der Waals surface area contributed by atoms with Crippen LogP contribution in [-0.4, -0.2) is 29.0 Å². The van der Waals surface area contributed by atoms with E-state index in [1.165, 1.54) is 22.3 Å². The molecule has 3 aromatic rings. The van der Waals surface area contributed by atoms with Crippen molar-refractivity contribution in [1.29, 1.82) is 0 Å². The molecule has 0 spiro atoms. The lowest BCUT2D eigenvalue weighted by Crippen LogP contribution is -2.19. The monoisotopic (exact) mass is 569 g/mol. The van der Waals surface area contributed by atoms with E-state index in [-0.39, 0.29) is 12.2 Å². The van der Waals surface area contributed by atoms with Crippen molar-refractivity contribution in [3.8, 4) is 0 Å². The van der Waals surface area contributed by atoms with Crippen molar-refractivity contribution in [3.05, 3.63) is 88.2 Å². The lowest BCUT2D eigenvalue weighted by atomic mass is 9.93. The highest BCUT2D eigenvalue weighted by Crippen LogP contribution is 2.37. The van der Waals surface area contributed by atoms with E-state index in [0.29, 0.717) is 46.9 Å². The van der Waals surface area contributed by atoms with Gasteiger partial charge in [0.25, 0.3) is 0 Å². The first-order chi connectivity index (χ1) is 19.8. The summed E-state index contributed by atoms with van der Waals surface area (Å²) < 4.78 is 12.7. The van der Waals surface area contributed by atoms with Gasteiger partial charge in [-0.2, -0.15) is 0 Å². The molecule has 1 heterocycles. The van der Waals surface area contributed by atoms with E-state index in [2.05, 4.69) is 91.8 Å². The molecule has 0 aliphatic heterocycles. The molecule has 226 valence electrons. The van der Waals surface area contributed by atoms with E-state index < -0.39 is 0 Å². The van der Waals surface area contributed by atoms with E-state index >= 15 is 0 Å². The summed E-state index contributed by atoms with van der Waals surface area (Å²) >= 11 is 0. The summed E-state index contributed by atoms with van der Waals surface area (Å²) in [4.78, 5) is 15.4. The van der Waals surface area contributed by atoms with Crippen LogP contribution in [0.1, 0.15) is 140 Å². The Morgan fingerprint density at radius 2 is 0.762 bits per heavy atom. The molecule has 0 bridgehead atoms. The normalized spacial score (nSPS) is 12.9. The number of para-hydroxylation sites is 2. The van der Waals surface area contributed by atoms with Crippen LogP contribution in [0.15, 0.2) is 64.6 Å². The van der Waals surface area contributed by atoms with Crippen LogP contribution in [0.5, 0.6) is 0 Å². The van der Waals surface area contributed by atoms with Gasteiger partial charge >= 0.3 is 0 Å². The third-order valence-corrected chi connectivity index (χ3v) is 6.99. The van der Waals surface area contributed by atoms with E-state index in [1.807, 2.05) is 45.9 Å². The molecule has 0 N–H and O–H groups in total. The lowest BCUT2D eigenvalue weighted by Gasteiger charge is -2.20. The summed E-state index contributed by atoms with van der Waals surface area (Å²) in [5.41, 5.74) is 8.00. The molecule has 2 aromatic carbocycles. The van der Waals surface area contributed by atoms with Crippen LogP contribution in [0, 0.1) is 0 Å². The molecule has 42 heavy (non-hydrogen) atoms. The van der Waals surface area contributed by atoms with Crippen LogP contribution in [0.3, 0.4) is 0 Å². The second-order valence-corrected chi connectivity index (χ2v) is 12.8. The van der Waals surface area contributed by atoms with Gasteiger partial charge < -0.3 is 9.47 Å². The van der Waals surface area contributed by atoms with Gasteiger partial charge in [-0.15, -0.1) is 0 Å². The average Bonchev–Trinajstić information content (AvgIpc) is 2.91. The molecule has 0 saturated carbocycles. The third-order valence-electron chi connectivity index (χ3n) is 6.99. The van der Waals surface area contributed by atoms with Gasteiger partial charge in [0.2, 0.25) is 11.8 Å². The number of aromatic nitrogens is 1. The molecule has 5 nitrogen and oxygen atoms in total. The van der Waals surface area contributed by atoms with Gasteiger partial charge in [0, 0.05) is 0 Å². The zero-order valence-corrected chi connectivity index (χ0v) is 27.8. The number of benzene rings is 2. The number of nitrogens with zero attached hydrogens (tertiary/aromatic N) is 3. The fourth-order valence-electron chi connectivity index (χ4n) is 4.89. The molecule has 0 unspecified atom stereocenters. The maximum atomic E-state index is 6.35. The van der Waals surface area contributed by atoms with Crippen molar-refractivity contribution < 1.29 is 9.47 Å². The summed E-state index contributed by atoms with van der Waals surface area (Å²) in [6.45, 7) is 25.7. The first kappa shape index (κ1) is 33.0. The maximum absolute atomic E-state index is 6.35. The minimum atomic E-state index is -0.0745. The Kier molecular flexibility index (Phi) is 11.5. The van der Waals surface area contributed by atoms with Gasteiger partial charge in [-0.3, -0.25) is 0 Å². The minimum absolute atomic E-state index is 0.0745. The van der Waals surface area contributed by atoms with E-state index in [9.17, 15) is 0 Å². The van der Waals surface area contributed by atoms with Crippen molar-refractivity contribution in [2.75, 3.05) is 0 Å². The fourth-order valence-corrected chi connectivity index (χ4v) is 4.89. The zero-order chi connectivity index (χ0) is 31.1. The van der Waals surface area contributed by atoms with Gasteiger partial charge in [-0.05, 0) is 85.8 Å². The number of aliphatic imine (C=N–C) groups is 2. The Bertz CT molecular complexity index is 1240. The van der Waals surface area contributed by atoms with Gasteiger partial charge in [0.05, 0.1) is 23.6 Å². The van der Waals surface area contributed by atoms with Crippen molar-refractivity contribution >= 4 is 23.2 Å². The van der Waals surface area contributed by atoms with Crippen LogP contribution >= 0.6 is 0 Å². The first-order valence-electron chi connectivity index (χ1n) is 15.5. The van der Waals surface area contributed by atoms with E-state index in [0.717, 1.165) is 11.4 Å². The van der Waals surface area contributed by atoms with Crippen LogP contribution in [0.2, 0.25) is 0 Å². The summed E-state index contributed by atoms with van der Waals surface area (Å²) in [6, 6.07) is 18.8. The minimum Gasteiger partial charge on any atom is -0.473 e. The topological polar surface area (TPSA) is 56.1 Å². The van der Waals surface area contributed by atoms with Crippen molar-refractivity contribution in [2.24, 2.45) is 9.98 Å². The van der Waals surface area contributed by atoms with Crippen molar-refractivity contribution in [1.82, 2.24) is 4.98 Å². The Labute approximate surface area is 254 Å². The lowest BCUT2D eigenvalue weighted by molar-refractivity contribution is 0.227. The highest BCUT2D eigenvalue weighted by molar-refractivity contribution is 5.98. The Morgan fingerprint density at radius 3 is 1.02 bits per heavy atom. The molecule has 1 aromatic heterocycles. The fraction of sp³-hybridized carbons (Fsp3) is 0.486. The largest absolute Gasteiger partial charge is 0.473 e. The molecule has 0 radical (unpaired) electrons. The van der Waals surface area contributed by atoms with Gasteiger partial charge in [-0.25, -0.2) is 15.0 Å². The molecule has 0 saturated heterocycles.